The highest BCUT2D eigenvalue weighted by molar-refractivity contribution is 7.98. The van der Waals surface area contributed by atoms with Crippen molar-refractivity contribution in [3.8, 4) is 0 Å². The number of nitrogens with zero attached hydrogens (tertiary/aromatic N) is 1. The minimum absolute atomic E-state index is 0.116. The molecule has 33 heavy (non-hydrogen) atoms. The molecule has 2 aromatic heterocycles. The first-order valence-corrected chi connectivity index (χ1v) is 13.4. The Morgan fingerprint density at radius 2 is 1.76 bits per heavy atom. The van der Waals surface area contributed by atoms with Crippen LogP contribution in [0.4, 0.5) is 5.69 Å². The topological polar surface area (TPSA) is 88.2 Å². The van der Waals surface area contributed by atoms with Gasteiger partial charge in [0.25, 0.3) is 5.91 Å². The van der Waals surface area contributed by atoms with Crippen molar-refractivity contribution in [2.24, 2.45) is 0 Å². The van der Waals surface area contributed by atoms with Crippen molar-refractivity contribution in [2.75, 3.05) is 5.32 Å². The molecule has 0 aliphatic carbocycles. The van der Waals surface area contributed by atoms with Crippen molar-refractivity contribution in [3.05, 3.63) is 107 Å². The summed E-state index contributed by atoms with van der Waals surface area (Å²) in [5.41, 5.74) is 2.19. The Bertz CT molecular complexity index is 1290. The van der Waals surface area contributed by atoms with E-state index >= 15 is 0 Å². The Morgan fingerprint density at radius 3 is 2.42 bits per heavy atom. The summed E-state index contributed by atoms with van der Waals surface area (Å²) >= 11 is 3.17. The predicted octanol–water partition coefficient (Wildman–Crippen LogP) is 5.17. The van der Waals surface area contributed by atoms with Crippen molar-refractivity contribution < 1.29 is 13.2 Å². The van der Waals surface area contributed by atoms with Crippen LogP contribution in [-0.2, 0) is 22.3 Å². The minimum Gasteiger partial charge on any atom is -0.322 e. The first-order valence-electron chi connectivity index (χ1n) is 10.0. The average molecular weight is 496 g/mol. The number of anilines is 1. The molecule has 0 radical (unpaired) electrons. The van der Waals surface area contributed by atoms with E-state index in [0.717, 1.165) is 21.1 Å². The van der Waals surface area contributed by atoms with Gasteiger partial charge in [0.1, 0.15) is 0 Å². The fraction of sp³-hybridized carbons (Fsp3) is 0.0833. The van der Waals surface area contributed by atoms with Gasteiger partial charge in [-0.1, -0.05) is 12.1 Å². The number of pyridine rings is 1. The van der Waals surface area contributed by atoms with Crippen LogP contribution in [0.25, 0.3) is 0 Å². The summed E-state index contributed by atoms with van der Waals surface area (Å²) in [7, 11) is -3.65. The fourth-order valence-corrected chi connectivity index (χ4v) is 5.51. The van der Waals surface area contributed by atoms with Gasteiger partial charge < -0.3 is 5.32 Å². The van der Waals surface area contributed by atoms with Crippen LogP contribution in [0.3, 0.4) is 0 Å². The Kier molecular flexibility index (Phi) is 7.56. The summed E-state index contributed by atoms with van der Waals surface area (Å²) in [4.78, 5) is 18.8. The SMILES string of the molecule is O=C(Nc1ccc(SCc2cccnc2)cc1)c1ccc(S(=O)(=O)NCc2cccs2)cc1. The van der Waals surface area contributed by atoms with E-state index in [1.165, 1.54) is 35.6 Å². The lowest BCUT2D eigenvalue weighted by Gasteiger charge is -2.09. The molecule has 0 fully saturated rings. The number of nitrogens with one attached hydrogen (secondary N) is 2. The number of hydrogen-bond donors (Lipinski definition) is 2. The lowest BCUT2D eigenvalue weighted by molar-refractivity contribution is 0.102. The maximum absolute atomic E-state index is 12.6. The lowest BCUT2D eigenvalue weighted by atomic mass is 10.2. The van der Waals surface area contributed by atoms with Crippen LogP contribution in [0.15, 0.2) is 100 Å². The third-order valence-corrected chi connectivity index (χ3v) is 8.06. The molecule has 1 amide bonds. The molecule has 2 aromatic carbocycles. The molecule has 4 rings (SSSR count). The maximum Gasteiger partial charge on any atom is 0.255 e. The normalized spacial score (nSPS) is 11.3. The van der Waals surface area contributed by atoms with Crippen LogP contribution >= 0.6 is 23.1 Å². The smallest absolute Gasteiger partial charge is 0.255 e. The van der Waals surface area contributed by atoms with Gasteiger partial charge in [-0.25, -0.2) is 13.1 Å². The second kappa shape index (κ2) is 10.8. The Morgan fingerprint density at radius 1 is 0.970 bits per heavy atom. The molecule has 168 valence electrons. The molecule has 0 spiro atoms. The lowest BCUT2D eigenvalue weighted by Crippen LogP contribution is -2.23. The molecule has 4 aromatic rings. The van der Waals surface area contributed by atoms with Gasteiger partial charge in [0, 0.05) is 45.7 Å². The Hall–Kier alpha value is -2.98. The van der Waals surface area contributed by atoms with Crippen LogP contribution in [0.1, 0.15) is 20.8 Å². The van der Waals surface area contributed by atoms with Crippen molar-refractivity contribution in [2.45, 2.75) is 22.1 Å². The molecule has 0 bridgehead atoms. The second-order valence-electron chi connectivity index (χ2n) is 7.06. The van der Waals surface area contributed by atoms with Gasteiger partial charge >= 0.3 is 0 Å². The molecule has 0 atom stereocenters. The van der Waals surface area contributed by atoms with Gasteiger partial charge in [-0.15, -0.1) is 23.1 Å². The van der Waals surface area contributed by atoms with Gasteiger partial charge in [-0.3, -0.25) is 9.78 Å². The minimum atomic E-state index is -3.65. The van der Waals surface area contributed by atoms with Crippen LogP contribution in [0.2, 0.25) is 0 Å². The highest BCUT2D eigenvalue weighted by atomic mass is 32.2. The molecular formula is C24H21N3O3S3. The van der Waals surface area contributed by atoms with Crippen molar-refractivity contribution in [3.63, 3.8) is 0 Å². The van der Waals surface area contributed by atoms with Gasteiger partial charge in [0.15, 0.2) is 0 Å². The zero-order valence-electron chi connectivity index (χ0n) is 17.5. The van der Waals surface area contributed by atoms with E-state index in [1.54, 1.807) is 18.0 Å². The molecule has 0 unspecified atom stereocenters. The molecule has 2 N–H and O–H groups in total. The van der Waals surface area contributed by atoms with E-state index < -0.39 is 10.0 Å². The first-order chi connectivity index (χ1) is 16.0. The number of amides is 1. The van der Waals surface area contributed by atoms with E-state index in [0.29, 0.717) is 11.3 Å². The van der Waals surface area contributed by atoms with E-state index in [-0.39, 0.29) is 17.3 Å². The van der Waals surface area contributed by atoms with Crippen LogP contribution in [0.5, 0.6) is 0 Å². The Labute approximate surface area is 201 Å². The molecule has 0 aliphatic heterocycles. The quantitative estimate of drug-likeness (QED) is 0.313. The van der Waals surface area contributed by atoms with Crippen molar-refractivity contribution in [1.29, 1.82) is 0 Å². The molecule has 9 heteroatoms. The van der Waals surface area contributed by atoms with Crippen LogP contribution in [0, 0.1) is 0 Å². The summed E-state index contributed by atoms with van der Waals surface area (Å²) in [6.45, 7) is 0.235. The number of benzene rings is 2. The van der Waals surface area contributed by atoms with E-state index in [4.69, 9.17) is 0 Å². The zero-order valence-corrected chi connectivity index (χ0v) is 19.9. The summed E-state index contributed by atoms with van der Waals surface area (Å²) in [5.74, 6) is 0.512. The molecule has 6 nitrogen and oxygen atoms in total. The number of rotatable bonds is 9. The number of hydrogen-bond acceptors (Lipinski definition) is 6. The standard InChI is InChI=1S/C24H21N3O3S3/c28-24(27-20-7-9-21(10-8-20)32-17-18-3-1-13-25-15-18)19-5-11-23(12-6-19)33(29,30)26-16-22-4-2-14-31-22/h1-15,26H,16-17H2,(H,27,28). The summed E-state index contributed by atoms with van der Waals surface area (Å²) in [6, 6.07) is 21.2. The number of carbonyl (C=O) groups is 1. The monoisotopic (exact) mass is 495 g/mol. The molecule has 2 heterocycles. The summed E-state index contributed by atoms with van der Waals surface area (Å²) in [6.07, 6.45) is 3.60. The largest absolute Gasteiger partial charge is 0.322 e. The third kappa shape index (κ3) is 6.52. The molecule has 0 saturated heterocycles. The summed E-state index contributed by atoms with van der Waals surface area (Å²) in [5, 5.41) is 4.73. The van der Waals surface area contributed by atoms with Crippen molar-refractivity contribution in [1.82, 2.24) is 9.71 Å². The van der Waals surface area contributed by atoms with E-state index in [9.17, 15) is 13.2 Å². The molecule has 0 saturated carbocycles. The average Bonchev–Trinajstić information content (AvgIpc) is 3.37. The number of aromatic nitrogens is 1. The number of sulfonamides is 1. The summed E-state index contributed by atoms with van der Waals surface area (Å²) < 4.78 is 27.5. The maximum atomic E-state index is 12.6. The van der Waals surface area contributed by atoms with Crippen LogP contribution < -0.4 is 10.0 Å². The van der Waals surface area contributed by atoms with Crippen molar-refractivity contribution >= 4 is 44.7 Å². The van der Waals surface area contributed by atoms with E-state index in [1.807, 2.05) is 60.1 Å². The highest BCUT2D eigenvalue weighted by Gasteiger charge is 2.15. The van der Waals surface area contributed by atoms with E-state index in [2.05, 4.69) is 15.0 Å². The first kappa shape index (κ1) is 23.2. The third-order valence-electron chi connectivity index (χ3n) is 4.68. The van der Waals surface area contributed by atoms with Gasteiger partial charge in [-0.05, 0) is 71.6 Å². The fourth-order valence-electron chi connectivity index (χ4n) is 2.94. The second-order valence-corrected chi connectivity index (χ2v) is 10.9. The number of thioether (sulfide) groups is 1. The number of carbonyl (C=O) groups excluding carboxylic acids is 1. The van der Waals surface area contributed by atoms with Gasteiger partial charge in [-0.2, -0.15) is 0 Å². The molecule has 0 aliphatic rings. The molecular weight excluding hydrogens is 474 g/mol. The zero-order chi connectivity index (χ0) is 23.1. The number of thiophene rings is 1. The predicted molar refractivity (Wildman–Crippen MR) is 133 cm³/mol. The van der Waals surface area contributed by atoms with Gasteiger partial charge in [0.05, 0.1) is 4.90 Å². The Balaban J connectivity index is 1.32. The highest BCUT2D eigenvalue weighted by Crippen LogP contribution is 2.24. The van der Waals surface area contributed by atoms with Gasteiger partial charge in [0.2, 0.25) is 10.0 Å². The van der Waals surface area contributed by atoms with Crippen LogP contribution in [-0.4, -0.2) is 19.3 Å².